The number of carbonyl (C=O) groups is 1. The average molecular weight is 425 g/mol. The van der Waals surface area contributed by atoms with Crippen LogP contribution in [0.3, 0.4) is 0 Å². The molecule has 0 saturated carbocycles. The van der Waals surface area contributed by atoms with Gasteiger partial charge >= 0.3 is 5.97 Å². The largest absolute Gasteiger partial charge is 0.481 e. The van der Waals surface area contributed by atoms with Crippen LogP contribution in [0.5, 0.6) is 0 Å². The summed E-state index contributed by atoms with van der Waals surface area (Å²) in [7, 11) is -3.59. The van der Waals surface area contributed by atoms with E-state index in [1.54, 1.807) is 24.3 Å². The van der Waals surface area contributed by atoms with Crippen LogP contribution in [-0.4, -0.2) is 26.0 Å². The van der Waals surface area contributed by atoms with Crippen LogP contribution in [0.4, 0.5) is 0 Å². The molecule has 1 aromatic carbocycles. The summed E-state index contributed by atoms with van der Waals surface area (Å²) in [6.07, 6.45) is 0.634. The van der Waals surface area contributed by atoms with Crippen molar-refractivity contribution in [1.82, 2.24) is 4.72 Å². The lowest BCUT2D eigenvalue weighted by molar-refractivity contribution is -0.138. The van der Waals surface area contributed by atoms with Crippen LogP contribution < -0.4 is 4.72 Å². The Labute approximate surface area is 139 Å². The maximum Gasteiger partial charge on any atom is 0.303 e. The number of sulfonamides is 1. The Morgan fingerprint density at radius 1 is 1.29 bits per heavy atom. The molecule has 1 atom stereocenters. The molecule has 0 aliphatic heterocycles. The number of rotatable bonds is 8. The Morgan fingerprint density at radius 3 is 2.33 bits per heavy atom. The summed E-state index contributed by atoms with van der Waals surface area (Å²) in [6.45, 7) is 4.11. The van der Waals surface area contributed by atoms with Crippen LogP contribution in [0, 0.1) is 15.4 Å². The van der Waals surface area contributed by atoms with Crippen LogP contribution >= 0.6 is 22.6 Å². The summed E-state index contributed by atoms with van der Waals surface area (Å²) in [4.78, 5) is 11.0. The van der Waals surface area contributed by atoms with E-state index in [-0.39, 0.29) is 23.8 Å². The van der Waals surface area contributed by atoms with E-state index < -0.39 is 16.0 Å². The van der Waals surface area contributed by atoms with Gasteiger partial charge in [-0.2, -0.15) is 0 Å². The molecule has 0 saturated heterocycles. The minimum Gasteiger partial charge on any atom is -0.481 e. The molecule has 21 heavy (non-hydrogen) atoms. The maximum absolute atomic E-state index is 12.2. The highest BCUT2D eigenvalue weighted by Gasteiger charge is 2.19. The highest BCUT2D eigenvalue weighted by molar-refractivity contribution is 14.1. The van der Waals surface area contributed by atoms with Crippen molar-refractivity contribution in [3.63, 3.8) is 0 Å². The molecular weight excluding hydrogens is 405 g/mol. The van der Waals surface area contributed by atoms with Gasteiger partial charge in [-0.1, -0.05) is 13.8 Å². The van der Waals surface area contributed by atoms with Crippen molar-refractivity contribution in [1.29, 1.82) is 0 Å². The molecule has 1 aromatic rings. The van der Waals surface area contributed by atoms with Gasteiger partial charge in [-0.3, -0.25) is 4.79 Å². The highest BCUT2D eigenvalue weighted by atomic mass is 127. The number of aliphatic carboxylic acids is 1. The van der Waals surface area contributed by atoms with Gasteiger partial charge in [0.15, 0.2) is 0 Å². The van der Waals surface area contributed by atoms with Crippen LogP contribution in [0.1, 0.15) is 26.7 Å². The third kappa shape index (κ3) is 6.75. The summed E-state index contributed by atoms with van der Waals surface area (Å²) in [5.74, 6) is -0.799. The summed E-state index contributed by atoms with van der Waals surface area (Å²) in [5.41, 5.74) is 0. The molecular formula is C14H20INO4S. The number of carboxylic acid groups (broad SMARTS) is 1. The van der Waals surface area contributed by atoms with Gasteiger partial charge in [0.1, 0.15) is 0 Å². The monoisotopic (exact) mass is 425 g/mol. The number of halogens is 1. The van der Waals surface area contributed by atoms with Gasteiger partial charge in [0.25, 0.3) is 0 Å². The third-order valence-electron chi connectivity index (χ3n) is 2.95. The van der Waals surface area contributed by atoms with E-state index in [9.17, 15) is 13.2 Å². The molecule has 0 aliphatic carbocycles. The van der Waals surface area contributed by atoms with Gasteiger partial charge in [-0.15, -0.1) is 0 Å². The fraction of sp³-hybridized carbons (Fsp3) is 0.500. The Morgan fingerprint density at radius 2 is 1.86 bits per heavy atom. The zero-order chi connectivity index (χ0) is 16.0. The number of hydrogen-bond donors (Lipinski definition) is 2. The van der Waals surface area contributed by atoms with Gasteiger partial charge in [-0.25, -0.2) is 13.1 Å². The van der Waals surface area contributed by atoms with Crippen LogP contribution in [0.25, 0.3) is 0 Å². The van der Waals surface area contributed by atoms with Crippen molar-refractivity contribution >= 4 is 38.6 Å². The predicted octanol–water partition coefficient (Wildman–Crippen LogP) is 2.71. The first-order chi connectivity index (χ1) is 9.70. The second-order valence-corrected chi connectivity index (χ2v) is 8.41. The van der Waals surface area contributed by atoms with Gasteiger partial charge in [0.2, 0.25) is 10.0 Å². The van der Waals surface area contributed by atoms with Crippen molar-refractivity contribution in [2.45, 2.75) is 31.6 Å². The fourth-order valence-corrected chi connectivity index (χ4v) is 3.55. The molecule has 0 amide bonds. The quantitative estimate of drug-likeness (QED) is 0.628. The first-order valence-corrected chi connectivity index (χ1v) is 9.24. The Hall–Kier alpha value is -0.670. The Bertz CT molecular complexity index is 569. The number of carboxylic acids is 1. The molecule has 0 unspecified atom stereocenters. The first-order valence-electron chi connectivity index (χ1n) is 6.67. The standard InChI is InChI=1S/C14H20INO4S/c1-10(2)7-11(8-14(17)18)9-16-21(19,20)13-5-3-12(15)4-6-13/h3-6,10-11,16H,7-9H2,1-2H3,(H,17,18)/t11-/m0/s1. The third-order valence-corrected chi connectivity index (χ3v) is 5.11. The lowest BCUT2D eigenvalue weighted by Crippen LogP contribution is -2.31. The molecule has 1 rings (SSSR count). The smallest absolute Gasteiger partial charge is 0.303 e. The van der Waals surface area contributed by atoms with E-state index in [1.165, 1.54) is 0 Å². The minimum absolute atomic E-state index is 0.0343. The topological polar surface area (TPSA) is 83.5 Å². The molecule has 0 radical (unpaired) electrons. The zero-order valence-electron chi connectivity index (χ0n) is 12.0. The molecule has 7 heteroatoms. The van der Waals surface area contributed by atoms with Gasteiger partial charge in [0, 0.05) is 16.5 Å². The zero-order valence-corrected chi connectivity index (χ0v) is 15.0. The summed E-state index contributed by atoms with van der Waals surface area (Å²) >= 11 is 2.10. The minimum atomic E-state index is -3.59. The number of benzene rings is 1. The lowest BCUT2D eigenvalue weighted by atomic mass is 9.94. The molecule has 118 valence electrons. The Balaban J connectivity index is 2.73. The van der Waals surface area contributed by atoms with Crippen molar-refractivity contribution in [3.05, 3.63) is 27.8 Å². The molecule has 5 nitrogen and oxygen atoms in total. The van der Waals surface area contributed by atoms with Crippen molar-refractivity contribution in [3.8, 4) is 0 Å². The van der Waals surface area contributed by atoms with Gasteiger partial charge in [-0.05, 0) is 65.1 Å². The van der Waals surface area contributed by atoms with Crippen molar-refractivity contribution in [2.24, 2.45) is 11.8 Å². The van der Waals surface area contributed by atoms with E-state index in [2.05, 4.69) is 27.3 Å². The summed E-state index contributed by atoms with van der Waals surface area (Å²) in [6, 6.07) is 6.52. The molecule has 0 aliphatic rings. The van der Waals surface area contributed by atoms with Gasteiger partial charge < -0.3 is 5.11 Å². The predicted molar refractivity (Wildman–Crippen MR) is 89.5 cm³/mol. The second-order valence-electron chi connectivity index (χ2n) is 5.40. The highest BCUT2D eigenvalue weighted by Crippen LogP contribution is 2.17. The maximum atomic E-state index is 12.2. The number of nitrogens with one attached hydrogen (secondary N) is 1. The normalized spacial score (nSPS) is 13.3. The summed E-state index contributed by atoms with van der Waals surface area (Å²) in [5, 5.41) is 8.90. The Kier molecular flexibility index (Phi) is 7.08. The fourth-order valence-electron chi connectivity index (χ4n) is 2.08. The lowest BCUT2D eigenvalue weighted by Gasteiger charge is -2.17. The molecule has 0 spiro atoms. The van der Waals surface area contributed by atoms with Crippen LogP contribution in [-0.2, 0) is 14.8 Å². The van der Waals surface area contributed by atoms with Crippen molar-refractivity contribution in [2.75, 3.05) is 6.54 Å². The van der Waals surface area contributed by atoms with Crippen molar-refractivity contribution < 1.29 is 18.3 Å². The van der Waals surface area contributed by atoms with E-state index in [4.69, 9.17) is 5.11 Å². The summed E-state index contributed by atoms with van der Waals surface area (Å²) < 4.78 is 27.8. The SMILES string of the molecule is CC(C)C[C@H](CNS(=O)(=O)c1ccc(I)cc1)CC(=O)O. The van der Waals surface area contributed by atoms with E-state index in [0.717, 1.165) is 3.57 Å². The average Bonchev–Trinajstić information content (AvgIpc) is 2.35. The first kappa shape index (κ1) is 18.4. The van der Waals surface area contributed by atoms with Gasteiger partial charge in [0.05, 0.1) is 4.90 Å². The number of hydrogen-bond acceptors (Lipinski definition) is 3. The molecule has 0 heterocycles. The second kappa shape index (κ2) is 8.09. The van der Waals surface area contributed by atoms with Crippen LogP contribution in [0.15, 0.2) is 29.2 Å². The van der Waals surface area contributed by atoms with Crippen LogP contribution in [0.2, 0.25) is 0 Å². The molecule has 0 bridgehead atoms. The van der Waals surface area contributed by atoms with E-state index in [1.807, 2.05) is 13.8 Å². The molecule has 0 aromatic heterocycles. The van der Waals surface area contributed by atoms with E-state index in [0.29, 0.717) is 12.3 Å². The van der Waals surface area contributed by atoms with E-state index >= 15 is 0 Å². The molecule has 0 fully saturated rings. The molecule has 2 N–H and O–H groups in total.